The quantitative estimate of drug-likeness (QED) is 0.505. The van der Waals surface area contributed by atoms with Gasteiger partial charge in [-0.25, -0.2) is 4.98 Å². The highest BCUT2D eigenvalue weighted by Crippen LogP contribution is 2.26. The number of para-hydroxylation sites is 1. The molecule has 1 amide bonds. The Morgan fingerprint density at radius 2 is 1.90 bits per heavy atom. The van der Waals surface area contributed by atoms with Gasteiger partial charge in [0, 0.05) is 17.8 Å². The summed E-state index contributed by atoms with van der Waals surface area (Å²) < 4.78 is 7.76. The van der Waals surface area contributed by atoms with E-state index in [1.165, 1.54) is 12.8 Å². The van der Waals surface area contributed by atoms with Crippen LogP contribution in [-0.2, 0) is 0 Å². The van der Waals surface area contributed by atoms with E-state index in [4.69, 9.17) is 9.40 Å². The lowest BCUT2D eigenvalue weighted by molar-refractivity contribution is 0.0934. The van der Waals surface area contributed by atoms with Gasteiger partial charge in [-0.2, -0.15) is 0 Å². The molecule has 0 saturated carbocycles. The van der Waals surface area contributed by atoms with Gasteiger partial charge in [-0.05, 0) is 75.3 Å². The molecule has 1 aliphatic rings. The molecule has 6 heteroatoms. The predicted octanol–water partition coefficient (Wildman–Crippen LogP) is 4.49. The fraction of sp³-hybridized carbons (Fsp3) is 0.280. The number of furan rings is 1. The molecule has 2 aromatic carbocycles. The predicted molar refractivity (Wildman–Crippen MR) is 120 cm³/mol. The molecule has 158 valence electrons. The van der Waals surface area contributed by atoms with Crippen molar-refractivity contribution in [1.82, 2.24) is 19.8 Å². The first-order valence-corrected chi connectivity index (χ1v) is 10.8. The van der Waals surface area contributed by atoms with Crippen LogP contribution in [0.15, 0.2) is 71.3 Å². The number of carbonyl (C=O) groups excluding carboxylic acids is 1. The average molecular weight is 415 g/mol. The Kier molecular flexibility index (Phi) is 5.30. The van der Waals surface area contributed by atoms with Crippen molar-refractivity contribution in [2.75, 3.05) is 19.6 Å². The highest BCUT2D eigenvalue weighted by molar-refractivity contribution is 5.97. The van der Waals surface area contributed by atoms with E-state index in [0.717, 1.165) is 41.4 Å². The van der Waals surface area contributed by atoms with Crippen molar-refractivity contribution in [2.24, 2.45) is 0 Å². The highest BCUT2D eigenvalue weighted by Gasteiger charge is 2.26. The van der Waals surface area contributed by atoms with Gasteiger partial charge in [-0.3, -0.25) is 14.3 Å². The molecule has 0 unspecified atom stereocenters. The van der Waals surface area contributed by atoms with Crippen LogP contribution in [0.5, 0.6) is 0 Å². The lowest BCUT2D eigenvalue weighted by Crippen LogP contribution is -2.36. The van der Waals surface area contributed by atoms with Gasteiger partial charge in [0.25, 0.3) is 5.91 Å². The molecule has 5 rings (SSSR count). The molecule has 1 N–H and O–H groups in total. The van der Waals surface area contributed by atoms with E-state index < -0.39 is 0 Å². The van der Waals surface area contributed by atoms with Crippen LogP contribution in [0, 0.1) is 6.92 Å². The molecule has 3 heterocycles. The first-order chi connectivity index (χ1) is 15.2. The van der Waals surface area contributed by atoms with E-state index in [9.17, 15) is 4.79 Å². The van der Waals surface area contributed by atoms with Crippen molar-refractivity contribution >= 4 is 16.9 Å². The van der Waals surface area contributed by atoms with E-state index in [-0.39, 0.29) is 11.9 Å². The van der Waals surface area contributed by atoms with Crippen molar-refractivity contribution in [3.63, 3.8) is 0 Å². The summed E-state index contributed by atoms with van der Waals surface area (Å²) in [6, 6.07) is 19.8. The molecule has 6 nitrogen and oxygen atoms in total. The number of amides is 1. The van der Waals surface area contributed by atoms with Crippen molar-refractivity contribution in [3.05, 3.63) is 84.1 Å². The minimum Gasteiger partial charge on any atom is -0.468 e. The fourth-order valence-corrected chi connectivity index (χ4v) is 4.48. The zero-order valence-electron chi connectivity index (χ0n) is 17.6. The third kappa shape index (κ3) is 3.86. The average Bonchev–Trinajstić information content (AvgIpc) is 3.55. The van der Waals surface area contributed by atoms with Crippen LogP contribution >= 0.6 is 0 Å². The van der Waals surface area contributed by atoms with Gasteiger partial charge in [-0.1, -0.05) is 18.2 Å². The van der Waals surface area contributed by atoms with Crippen LogP contribution in [0.3, 0.4) is 0 Å². The first kappa shape index (κ1) is 19.6. The molecule has 1 fully saturated rings. The SMILES string of the molecule is Cc1nc2cc(C(=O)NC[C@H](c3ccco3)N3CCCC3)ccc2n1-c1ccccc1. The molecule has 0 bridgehead atoms. The smallest absolute Gasteiger partial charge is 0.251 e. The van der Waals surface area contributed by atoms with Crippen LogP contribution in [0.2, 0.25) is 0 Å². The number of aryl methyl sites for hydroxylation is 1. The topological polar surface area (TPSA) is 63.3 Å². The lowest BCUT2D eigenvalue weighted by Gasteiger charge is -2.26. The van der Waals surface area contributed by atoms with Crippen LogP contribution in [-0.4, -0.2) is 40.0 Å². The number of rotatable bonds is 6. The third-order valence-corrected chi connectivity index (χ3v) is 6.01. The van der Waals surface area contributed by atoms with Crippen molar-refractivity contribution in [1.29, 1.82) is 0 Å². The number of nitrogens with one attached hydrogen (secondary N) is 1. The van der Waals surface area contributed by atoms with Gasteiger partial charge in [0.2, 0.25) is 0 Å². The molecule has 1 saturated heterocycles. The summed E-state index contributed by atoms with van der Waals surface area (Å²) in [5, 5.41) is 3.11. The Bertz CT molecular complexity index is 1180. The standard InChI is InChI=1S/C25H26N4O2/c1-18-27-21-16-19(11-12-22(21)29(18)20-8-3-2-4-9-20)25(30)26-17-23(24-10-7-15-31-24)28-13-5-6-14-28/h2-4,7-12,15-16,23H,5-6,13-14,17H2,1H3,(H,26,30)/t23-/m1/s1. The van der Waals surface area contributed by atoms with Crippen LogP contribution in [0.25, 0.3) is 16.7 Å². The van der Waals surface area contributed by atoms with Crippen LogP contribution < -0.4 is 5.32 Å². The summed E-state index contributed by atoms with van der Waals surface area (Å²) in [6.07, 6.45) is 4.07. The maximum atomic E-state index is 12.9. The Morgan fingerprint density at radius 3 is 2.65 bits per heavy atom. The number of nitrogens with zero attached hydrogens (tertiary/aromatic N) is 3. The number of hydrogen-bond donors (Lipinski definition) is 1. The molecule has 0 radical (unpaired) electrons. The minimum atomic E-state index is -0.0930. The van der Waals surface area contributed by atoms with Gasteiger partial charge in [-0.15, -0.1) is 0 Å². The molecule has 4 aromatic rings. The van der Waals surface area contributed by atoms with E-state index in [1.807, 2.05) is 55.5 Å². The molecule has 2 aromatic heterocycles. The third-order valence-electron chi connectivity index (χ3n) is 6.01. The highest BCUT2D eigenvalue weighted by atomic mass is 16.3. The van der Waals surface area contributed by atoms with E-state index >= 15 is 0 Å². The normalized spacial score (nSPS) is 15.4. The summed E-state index contributed by atoms with van der Waals surface area (Å²) in [5.41, 5.74) is 3.48. The molecular formula is C25H26N4O2. The number of fused-ring (bicyclic) bond motifs is 1. The number of benzene rings is 2. The molecule has 0 spiro atoms. The Hall–Kier alpha value is -3.38. The van der Waals surface area contributed by atoms with Crippen molar-refractivity contribution < 1.29 is 9.21 Å². The summed E-state index contributed by atoms with van der Waals surface area (Å²) in [4.78, 5) is 20.0. The second-order valence-corrected chi connectivity index (χ2v) is 8.02. The summed E-state index contributed by atoms with van der Waals surface area (Å²) in [6.45, 7) is 4.56. The number of carbonyl (C=O) groups is 1. The van der Waals surface area contributed by atoms with Crippen LogP contribution in [0.4, 0.5) is 0 Å². The molecule has 31 heavy (non-hydrogen) atoms. The van der Waals surface area contributed by atoms with Gasteiger partial charge in [0.1, 0.15) is 11.6 Å². The van der Waals surface area contributed by atoms with Gasteiger partial charge in [0.15, 0.2) is 0 Å². The van der Waals surface area contributed by atoms with Crippen molar-refractivity contribution in [2.45, 2.75) is 25.8 Å². The largest absolute Gasteiger partial charge is 0.468 e. The Morgan fingerprint density at radius 1 is 1.10 bits per heavy atom. The van der Waals surface area contributed by atoms with E-state index in [0.29, 0.717) is 12.1 Å². The number of aromatic nitrogens is 2. The fourth-order valence-electron chi connectivity index (χ4n) is 4.48. The Labute approximate surface area is 181 Å². The van der Waals surface area contributed by atoms with E-state index in [1.54, 1.807) is 6.26 Å². The van der Waals surface area contributed by atoms with Gasteiger partial charge >= 0.3 is 0 Å². The maximum Gasteiger partial charge on any atom is 0.251 e. The summed E-state index contributed by atoms with van der Waals surface area (Å²) in [7, 11) is 0. The zero-order chi connectivity index (χ0) is 21.2. The number of likely N-dealkylation sites (tertiary alicyclic amines) is 1. The van der Waals surface area contributed by atoms with E-state index in [2.05, 4.69) is 26.9 Å². The molecule has 1 atom stereocenters. The second kappa shape index (κ2) is 8.40. The van der Waals surface area contributed by atoms with Gasteiger partial charge in [0.05, 0.1) is 23.3 Å². The number of hydrogen-bond acceptors (Lipinski definition) is 4. The summed E-state index contributed by atoms with van der Waals surface area (Å²) >= 11 is 0. The second-order valence-electron chi connectivity index (χ2n) is 8.02. The Balaban J connectivity index is 1.36. The first-order valence-electron chi connectivity index (χ1n) is 10.8. The molecule has 0 aliphatic carbocycles. The molecular weight excluding hydrogens is 388 g/mol. The summed E-state index contributed by atoms with van der Waals surface area (Å²) in [5.74, 6) is 1.70. The van der Waals surface area contributed by atoms with Gasteiger partial charge < -0.3 is 9.73 Å². The van der Waals surface area contributed by atoms with Crippen LogP contribution in [0.1, 0.15) is 40.8 Å². The minimum absolute atomic E-state index is 0.0599. The zero-order valence-corrected chi connectivity index (χ0v) is 17.6. The monoisotopic (exact) mass is 414 g/mol. The van der Waals surface area contributed by atoms with Crippen molar-refractivity contribution in [3.8, 4) is 5.69 Å². The lowest BCUT2D eigenvalue weighted by atomic mass is 10.1. The maximum absolute atomic E-state index is 12.9. The number of imidazole rings is 1. The molecule has 1 aliphatic heterocycles.